The molecule has 0 radical (unpaired) electrons. The van der Waals surface area contributed by atoms with E-state index in [9.17, 15) is 0 Å². The summed E-state index contributed by atoms with van der Waals surface area (Å²) < 4.78 is 1.72. The van der Waals surface area contributed by atoms with Gasteiger partial charge in [-0.25, -0.2) is 0 Å². The summed E-state index contributed by atoms with van der Waals surface area (Å²) in [6.45, 7) is 0. The summed E-state index contributed by atoms with van der Waals surface area (Å²) in [6, 6.07) is 1.96. The molecule has 0 aliphatic rings. The first-order valence-corrected chi connectivity index (χ1v) is 5.76. The predicted molar refractivity (Wildman–Crippen MR) is 58.5 cm³/mol. The van der Waals surface area contributed by atoms with Crippen LogP contribution in [0.25, 0.3) is 10.6 Å². The third-order valence-corrected chi connectivity index (χ3v) is 3.19. The zero-order chi connectivity index (χ0) is 9.26. The molecule has 0 aromatic carbocycles. The van der Waals surface area contributed by atoms with Crippen molar-refractivity contribution in [3.63, 3.8) is 0 Å². The van der Waals surface area contributed by atoms with E-state index in [-0.39, 0.29) is 0 Å². The maximum atomic E-state index is 4.05. The fraction of sp³-hybridized carbons (Fsp3) is 0. The van der Waals surface area contributed by atoms with Crippen LogP contribution in [0.3, 0.4) is 0 Å². The quantitative estimate of drug-likeness (QED) is 0.810. The molecule has 2 heterocycles. The molecule has 2 aromatic heterocycles. The summed E-state index contributed by atoms with van der Waals surface area (Å²) in [4.78, 5) is 4.05. The van der Waals surface area contributed by atoms with Gasteiger partial charge in [-0.2, -0.15) is 0 Å². The minimum atomic E-state index is 0.780. The monoisotopic (exact) mass is 319 g/mol. The molecular formula is C7H3Br2N3S. The molecule has 0 saturated heterocycles. The van der Waals surface area contributed by atoms with Crippen molar-refractivity contribution in [1.82, 2.24) is 15.2 Å². The summed E-state index contributed by atoms with van der Waals surface area (Å²) >= 11 is 8.09. The van der Waals surface area contributed by atoms with Crippen molar-refractivity contribution >= 4 is 43.2 Å². The van der Waals surface area contributed by atoms with E-state index in [1.54, 1.807) is 12.4 Å². The second-order valence-corrected chi connectivity index (χ2v) is 5.42. The fourth-order valence-electron chi connectivity index (χ4n) is 0.851. The van der Waals surface area contributed by atoms with Gasteiger partial charge in [-0.3, -0.25) is 4.98 Å². The van der Waals surface area contributed by atoms with Gasteiger partial charge in [0.05, 0.1) is 0 Å². The molecule has 0 unspecified atom stereocenters. The minimum Gasteiger partial charge on any atom is -0.263 e. The van der Waals surface area contributed by atoms with Crippen molar-refractivity contribution in [3.8, 4) is 10.6 Å². The Bertz CT molecular complexity index is 429. The molecule has 0 saturated carbocycles. The van der Waals surface area contributed by atoms with E-state index in [2.05, 4.69) is 47.0 Å². The molecule has 6 heteroatoms. The van der Waals surface area contributed by atoms with E-state index in [4.69, 9.17) is 0 Å². The van der Waals surface area contributed by atoms with Crippen LogP contribution in [0.1, 0.15) is 0 Å². The molecule has 0 aliphatic carbocycles. The highest BCUT2D eigenvalue weighted by Gasteiger charge is 2.04. The van der Waals surface area contributed by atoms with Gasteiger partial charge in [0.2, 0.25) is 0 Å². The Morgan fingerprint density at radius 3 is 2.62 bits per heavy atom. The van der Waals surface area contributed by atoms with Crippen molar-refractivity contribution in [3.05, 3.63) is 26.8 Å². The van der Waals surface area contributed by atoms with E-state index in [0.717, 1.165) is 19.0 Å². The van der Waals surface area contributed by atoms with Crippen LogP contribution in [-0.2, 0) is 0 Å². The Labute approximate surface area is 95.5 Å². The van der Waals surface area contributed by atoms with Gasteiger partial charge in [-0.05, 0) is 37.9 Å². The fourth-order valence-corrected chi connectivity index (χ4v) is 2.31. The number of hydrogen-bond donors (Lipinski definition) is 0. The largest absolute Gasteiger partial charge is 0.263 e. The smallest absolute Gasteiger partial charge is 0.183 e. The second kappa shape index (κ2) is 3.81. The summed E-state index contributed by atoms with van der Waals surface area (Å²) in [5.74, 6) is 0. The number of aromatic nitrogens is 3. The van der Waals surface area contributed by atoms with Gasteiger partial charge < -0.3 is 0 Å². The van der Waals surface area contributed by atoms with Crippen LogP contribution in [0.4, 0.5) is 0 Å². The summed E-state index contributed by atoms with van der Waals surface area (Å²) in [7, 11) is 0. The van der Waals surface area contributed by atoms with E-state index in [0.29, 0.717) is 0 Å². The average Bonchev–Trinajstić information content (AvgIpc) is 2.52. The zero-order valence-corrected chi connectivity index (χ0v) is 10.2. The normalized spacial score (nSPS) is 10.3. The van der Waals surface area contributed by atoms with E-state index in [1.807, 2.05) is 6.07 Å². The van der Waals surface area contributed by atoms with Gasteiger partial charge in [-0.1, -0.05) is 11.3 Å². The van der Waals surface area contributed by atoms with Gasteiger partial charge in [0.25, 0.3) is 0 Å². The Morgan fingerprint density at radius 2 is 2.00 bits per heavy atom. The lowest BCUT2D eigenvalue weighted by molar-refractivity contribution is 1.07. The molecule has 3 nitrogen and oxygen atoms in total. The molecule has 66 valence electrons. The van der Waals surface area contributed by atoms with Crippen molar-refractivity contribution in [2.45, 2.75) is 0 Å². The maximum absolute atomic E-state index is 4.05. The van der Waals surface area contributed by atoms with Gasteiger partial charge in [-0.15, -0.1) is 10.2 Å². The molecule has 2 aromatic rings. The third-order valence-electron chi connectivity index (χ3n) is 1.35. The Kier molecular flexibility index (Phi) is 2.71. The second-order valence-electron chi connectivity index (χ2n) is 2.25. The highest BCUT2D eigenvalue weighted by Crippen LogP contribution is 2.27. The first-order chi connectivity index (χ1) is 6.25. The van der Waals surface area contributed by atoms with Gasteiger partial charge in [0.1, 0.15) is 5.01 Å². The molecule has 2 rings (SSSR count). The van der Waals surface area contributed by atoms with E-state index >= 15 is 0 Å². The van der Waals surface area contributed by atoms with Crippen LogP contribution in [0.5, 0.6) is 0 Å². The lowest BCUT2D eigenvalue weighted by atomic mass is 10.3. The Balaban J connectivity index is 2.46. The summed E-state index contributed by atoms with van der Waals surface area (Å²) in [5.41, 5.74) is 0.970. The van der Waals surface area contributed by atoms with Crippen LogP contribution in [0.2, 0.25) is 0 Å². The average molecular weight is 321 g/mol. The van der Waals surface area contributed by atoms with Crippen LogP contribution in [0, 0.1) is 0 Å². The summed E-state index contributed by atoms with van der Waals surface area (Å²) in [5, 5.41) is 8.71. The van der Waals surface area contributed by atoms with Crippen molar-refractivity contribution in [1.29, 1.82) is 0 Å². The van der Waals surface area contributed by atoms with Crippen LogP contribution < -0.4 is 0 Å². The van der Waals surface area contributed by atoms with Crippen LogP contribution in [-0.4, -0.2) is 15.2 Å². The predicted octanol–water partition coefficient (Wildman–Crippen LogP) is 3.13. The van der Waals surface area contributed by atoms with E-state index in [1.165, 1.54) is 11.3 Å². The van der Waals surface area contributed by atoms with Gasteiger partial charge in [0.15, 0.2) is 3.92 Å². The topological polar surface area (TPSA) is 38.7 Å². The van der Waals surface area contributed by atoms with Crippen molar-refractivity contribution in [2.75, 3.05) is 0 Å². The van der Waals surface area contributed by atoms with Crippen LogP contribution in [0.15, 0.2) is 26.8 Å². The number of hydrogen-bond acceptors (Lipinski definition) is 4. The maximum Gasteiger partial charge on any atom is 0.183 e. The van der Waals surface area contributed by atoms with Crippen LogP contribution >= 0.6 is 43.2 Å². The third kappa shape index (κ3) is 2.12. The molecule has 0 aliphatic heterocycles. The molecule has 13 heavy (non-hydrogen) atoms. The lowest BCUT2D eigenvalue weighted by Gasteiger charge is -1.93. The van der Waals surface area contributed by atoms with Gasteiger partial charge in [0, 0.05) is 22.4 Å². The minimum absolute atomic E-state index is 0.780. The SMILES string of the molecule is Brc1cncc(-c2nnc(Br)s2)c1. The molecule has 0 N–H and O–H groups in total. The molecule has 0 amide bonds. The lowest BCUT2D eigenvalue weighted by Crippen LogP contribution is -1.79. The molecular weight excluding hydrogens is 318 g/mol. The number of pyridine rings is 1. The summed E-state index contributed by atoms with van der Waals surface area (Å²) in [6.07, 6.45) is 3.50. The number of halogens is 2. The molecule has 0 fully saturated rings. The first kappa shape index (κ1) is 9.23. The van der Waals surface area contributed by atoms with Crippen molar-refractivity contribution in [2.24, 2.45) is 0 Å². The molecule has 0 bridgehead atoms. The first-order valence-electron chi connectivity index (χ1n) is 3.35. The van der Waals surface area contributed by atoms with Gasteiger partial charge >= 0.3 is 0 Å². The number of rotatable bonds is 1. The van der Waals surface area contributed by atoms with E-state index < -0.39 is 0 Å². The number of nitrogens with zero attached hydrogens (tertiary/aromatic N) is 3. The Morgan fingerprint density at radius 1 is 1.15 bits per heavy atom. The Hall–Kier alpha value is -0.330. The zero-order valence-electron chi connectivity index (χ0n) is 6.24. The molecule has 0 atom stereocenters. The highest BCUT2D eigenvalue weighted by molar-refractivity contribution is 9.11. The highest BCUT2D eigenvalue weighted by atomic mass is 79.9. The standard InChI is InChI=1S/C7H3Br2N3S/c8-5-1-4(2-10-3-5)6-11-12-7(9)13-6/h1-3H. The van der Waals surface area contributed by atoms with Crippen molar-refractivity contribution < 1.29 is 0 Å². The molecule has 0 spiro atoms.